The van der Waals surface area contributed by atoms with E-state index in [4.69, 9.17) is 0 Å². The Balaban J connectivity index is 2.18. The first-order chi connectivity index (χ1) is 8.31. The molecular formula is C13H16FN3. The number of rotatable bonds is 5. The fraction of sp³-hybridized carbons (Fsp3) is 0.385. The van der Waals surface area contributed by atoms with Gasteiger partial charge in [-0.05, 0) is 24.6 Å². The molecule has 0 aliphatic heterocycles. The van der Waals surface area contributed by atoms with Crippen LogP contribution >= 0.6 is 0 Å². The summed E-state index contributed by atoms with van der Waals surface area (Å²) in [5.74, 6) is 0.453. The van der Waals surface area contributed by atoms with E-state index in [1.54, 1.807) is 6.07 Å². The average molecular weight is 233 g/mol. The largest absolute Gasteiger partial charge is 0.369 e. The van der Waals surface area contributed by atoms with Crippen LogP contribution in [0.3, 0.4) is 0 Å². The Morgan fingerprint density at radius 3 is 2.94 bits per heavy atom. The number of fused-ring (bicyclic) bond motifs is 1. The van der Waals surface area contributed by atoms with Gasteiger partial charge in [-0.1, -0.05) is 19.8 Å². The third kappa shape index (κ3) is 2.90. The van der Waals surface area contributed by atoms with E-state index in [9.17, 15) is 4.39 Å². The number of nitrogens with one attached hydrogen (secondary N) is 1. The molecule has 0 amide bonds. The minimum Gasteiger partial charge on any atom is -0.369 e. The summed E-state index contributed by atoms with van der Waals surface area (Å²) in [5, 5.41) is 3.97. The fourth-order valence-corrected chi connectivity index (χ4v) is 1.75. The molecule has 1 aromatic carbocycles. The van der Waals surface area contributed by atoms with Gasteiger partial charge in [0.05, 0.1) is 5.52 Å². The highest BCUT2D eigenvalue weighted by atomic mass is 19.1. The predicted molar refractivity (Wildman–Crippen MR) is 67.5 cm³/mol. The van der Waals surface area contributed by atoms with Gasteiger partial charge in [-0.15, -0.1) is 0 Å². The molecule has 0 atom stereocenters. The van der Waals surface area contributed by atoms with E-state index in [-0.39, 0.29) is 5.82 Å². The first-order valence-corrected chi connectivity index (χ1v) is 5.95. The number of unbranched alkanes of at least 4 members (excludes halogenated alkanes) is 2. The molecule has 2 rings (SSSR count). The first-order valence-electron chi connectivity index (χ1n) is 5.95. The topological polar surface area (TPSA) is 37.8 Å². The Morgan fingerprint density at radius 1 is 1.24 bits per heavy atom. The van der Waals surface area contributed by atoms with Gasteiger partial charge in [0.15, 0.2) is 0 Å². The van der Waals surface area contributed by atoms with Crippen molar-refractivity contribution in [2.24, 2.45) is 0 Å². The maximum atomic E-state index is 13.2. The average Bonchev–Trinajstić information content (AvgIpc) is 2.35. The van der Waals surface area contributed by atoms with Gasteiger partial charge in [0, 0.05) is 11.9 Å². The number of hydrogen-bond acceptors (Lipinski definition) is 3. The molecule has 0 aliphatic carbocycles. The van der Waals surface area contributed by atoms with E-state index in [0.29, 0.717) is 5.82 Å². The van der Waals surface area contributed by atoms with Crippen molar-refractivity contribution in [2.45, 2.75) is 26.2 Å². The van der Waals surface area contributed by atoms with Crippen molar-refractivity contribution < 1.29 is 4.39 Å². The molecule has 0 fully saturated rings. The van der Waals surface area contributed by atoms with Crippen LogP contribution in [-0.2, 0) is 0 Å². The second-order valence-corrected chi connectivity index (χ2v) is 4.02. The van der Waals surface area contributed by atoms with Crippen LogP contribution in [0.15, 0.2) is 24.5 Å². The molecule has 1 heterocycles. The summed E-state index contributed by atoms with van der Waals surface area (Å²) in [5.41, 5.74) is 0.763. The highest BCUT2D eigenvalue weighted by molar-refractivity contribution is 5.88. The summed E-state index contributed by atoms with van der Waals surface area (Å²) in [4.78, 5) is 8.27. The zero-order valence-electron chi connectivity index (χ0n) is 9.91. The second-order valence-electron chi connectivity index (χ2n) is 4.02. The third-order valence-electron chi connectivity index (χ3n) is 2.67. The standard InChI is InChI=1S/C13H16FN3/c1-2-3-4-7-15-13-11-8-10(14)5-6-12(11)16-9-17-13/h5-6,8-9H,2-4,7H2,1H3,(H,15,16,17). The summed E-state index contributed by atoms with van der Waals surface area (Å²) < 4.78 is 13.2. The van der Waals surface area contributed by atoms with Crippen molar-refractivity contribution in [3.8, 4) is 0 Å². The van der Waals surface area contributed by atoms with Crippen LogP contribution in [-0.4, -0.2) is 16.5 Å². The number of anilines is 1. The minimum absolute atomic E-state index is 0.260. The molecule has 0 radical (unpaired) electrons. The second kappa shape index (κ2) is 5.57. The molecule has 0 aliphatic rings. The molecule has 0 unspecified atom stereocenters. The highest BCUT2D eigenvalue weighted by Gasteiger charge is 2.03. The zero-order chi connectivity index (χ0) is 12.1. The number of aromatic nitrogens is 2. The van der Waals surface area contributed by atoms with Gasteiger partial charge in [0.2, 0.25) is 0 Å². The maximum absolute atomic E-state index is 13.2. The molecule has 0 saturated carbocycles. The summed E-state index contributed by atoms with van der Waals surface area (Å²) in [6.45, 7) is 3.02. The minimum atomic E-state index is -0.260. The lowest BCUT2D eigenvalue weighted by Gasteiger charge is -2.07. The Hall–Kier alpha value is -1.71. The zero-order valence-corrected chi connectivity index (χ0v) is 9.91. The molecule has 0 bridgehead atoms. The number of nitrogens with zero attached hydrogens (tertiary/aromatic N) is 2. The number of halogens is 1. The molecule has 4 heteroatoms. The highest BCUT2D eigenvalue weighted by Crippen LogP contribution is 2.19. The van der Waals surface area contributed by atoms with Gasteiger partial charge >= 0.3 is 0 Å². The van der Waals surface area contributed by atoms with Crippen molar-refractivity contribution in [2.75, 3.05) is 11.9 Å². The molecule has 90 valence electrons. The van der Waals surface area contributed by atoms with Crippen molar-refractivity contribution in [1.29, 1.82) is 0 Å². The van der Waals surface area contributed by atoms with E-state index < -0.39 is 0 Å². The third-order valence-corrected chi connectivity index (χ3v) is 2.67. The van der Waals surface area contributed by atoms with Crippen LogP contribution in [0.2, 0.25) is 0 Å². The first kappa shape index (κ1) is 11.8. The van der Waals surface area contributed by atoms with Crippen LogP contribution in [0.25, 0.3) is 10.9 Å². The Morgan fingerprint density at radius 2 is 2.12 bits per heavy atom. The van der Waals surface area contributed by atoms with E-state index in [1.165, 1.54) is 31.3 Å². The fourth-order valence-electron chi connectivity index (χ4n) is 1.75. The van der Waals surface area contributed by atoms with Gasteiger partial charge in [-0.25, -0.2) is 14.4 Å². The smallest absolute Gasteiger partial charge is 0.137 e. The molecule has 2 aromatic rings. The molecule has 1 N–H and O–H groups in total. The van der Waals surface area contributed by atoms with Crippen molar-refractivity contribution in [1.82, 2.24) is 9.97 Å². The van der Waals surface area contributed by atoms with E-state index in [0.717, 1.165) is 23.9 Å². The van der Waals surface area contributed by atoms with Crippen LogP contribution < -0.4 is 5.32 Å². The van der Waals surface area contributed by atoms with Crippen LogP contribution in [0.1, 0.15) is 26.2 Å². The molecule has 0 saturated heterocycles. The van der Waals surface area contributed by atoms with E-state index in [1.807, 2.05) is 0 Å². The Labute approximate surface area is 100 Å². The normalized spacial score (nSPS) is 10.7. The lowest BCUT2D eigenvalue weighted by Crippen LogP contribution is -2.04. The molecule has 17 heavy (non-hydrogen) atoms. The summed E-state index contributed by atoms with van der Waals surface area (Å²) in [7, 11) is 0. The molecule has 3 nitrogen and oxygen atoms in total. The molecule has 0 spiro atoms. The lowest BCUT2D eigenvalue weighted by molar-refractivity contribution is 0.629. The van der Waals surface area contributed by atoms with Crippen LogP contribution in [0.5, 0.6) is 0 Å². The number of benzene rings is 1. The molecule has 1 aromatic heterocycles. The summed E-state index contributed by atoms with van der Waals surface area (Å²) in [6.07, 6.45) is 4.96. The van der Waals surface area contributed by atoms with Gasteiger partial charge in [-0.2, -0.15) is 0 Å². The predicted octanol–water partition coefficient (Wildman–Crippen LogP) is 3.37. The number of hydrogen-bond donors (Lipinski definition) is 1. The summed E-state index contributed by atoms with van der Waals surface area (Å²) >= 11 is 0. The van der Waals surface area contributed by atoms with Gasteiger partial charge < -0.3 is 5.32 Å². The Bertz CT molecular complexity index is 499. The van der Waals surface area contributed by atoms with E-state index in [2.05, 4.69) is 22.2 Å². The lowest BCUT2D eigenvalue weighted by atomic mass is 10.2. The summed E-state index contributed by atoms with van der Waals surface area (Å²) in [6, 6.07) is 4.55. The SMILES string of the molecule is CCCCCNc1ncnc2ccc(F)cc12. The van der Waals surface area contributed by atoms with Crippen LogP contribution in [0, 0.1) is 5.82 Å². The monoisotopic (exact) mass is 233 g/mol. The van der Waals surface area contributed by atoms with Crippen molar-refractivity contribution >= 4 is 16.7 Å². The van der Waals surface area contributed by atoms with Crippen LogP contribution in [0.4, 0.5) is 10.2 Å². The molecular weight excluding hydrogens is 217 g/mol. The van der Waals surface area contributed by atoms with Gasteiger partial charge in [-0.3, -0.25) is 0 Å². The van der Waals surface area contributed by atoms with Gasteiger partial charge in [0.25, 0.3) is 0 Å². The maximum Gasteiger partial charge on any atom is 0.137 e. The van der Waals surface area contributed by atoms with Crippen molar-refractivity contribution in [3.63, 3.8) is 0 Å². The van der Waals surface area contributed by atoms with Gasteiger partial charge in [0.1, 0.15) is 18.0 Å². The Kier molecular flexibility index (Phi) is 3.85. The van der Waals surface area contributed by atoms with E-state index >= 15 is 0 Å². The quantitative estimate of drug-likeness (QED) is 0.804. The van der Waals surface area contributed by atoms with Crippen molar-refractivity contribution in [3.05, 3.63) is 30.3 Å².